The van der Waals surface area contributed by atoms with Crippen molar-refractivity contribution in [2.45, 2.75) is 20.3 Å². The van der Waals surface area contributed by atoms with E-state index < -0.39 is 0 Å². The number of oxime groups is 2. The van der Waals surface area contributed by atoms with Gasteiger partial charge in [0.05, 0.1) is 17.3 Å². The maximum Gasteiger partial charge on any atom is 0.0887 e. The second-order valence-electron chi connectivity index (χ2n) is 4.17. The first kappa shape index (κ1) is 9.96. The van der Waals surface area contributed by atoms with E-state index in [4.69, 9.17) is 10.4 Å². The summed E-state index contributed by atoms with van der Waals surface area (Å²) in [6.45, 7) is 4.06. The molecule has 2 rings (SSSR count). The SMILES string of the molecule is CC1=CC(=NO)C2CC1C(C)=CC2=NO. The van der Waals surface area contributed by atoms with E-state index >= 15 is 0 Å². The van der Waals surface area contributed by atoms with E-state index in [-0.39, 0.29) is 5.92 Å². The van der Waals surface area contributed by atoms with Crippen LogP contribution >= 0.6 is 0 Å². The Morgan fingerprint density at radius 3 is 1.87 bits per heavy atom. The van der Waals surface area contributed by atoms with Crippen molar-refractivity contribution in [3.05, 3.63) is 23.3 Å². The number of hydrogen-bond acceptors (Lipinski definition) is 4. The van der Waals surface area contributed by atoms with E-state index in [9.17, 15) is 0 Å². The molecule has 4 heteroatoms. The van der Waals surface area contributed by atoms with E-state index in [2.05, 4.69) is 10.3 Å². The van der Waals surface area contributed by atoms with Crippen molar-refractivity contribution in [1.29, 1.82) is 0 Å². The summed E-state index contributed by atoms with van der Waals surface area (Å²) in [6.07, 6.45) is 4.59. The lowest BCUT2D eigenvalue weighted by molar-refractivity contribution is 0.309. The molecule has 0 amide bonds. The van der Waals surface area contributed by atoms with Gasteiger partial charge in [-0.1, -0.05) is 21.5 Å². The minimum absolute atomic E-state index is 0.0719. The predicted octanol–water partition coefficient (Wildman–Crippen LogP) is 2.19. The first-order valence-electron chi connectivity index (χ1n) is 4.97. The van der Waals surface area contributed by atoms with Crippen molar-refractivity contribution in [2.24, 2.45) is 22.1 Å². The van der Waals surface area contributed by atoms with Gasteiger partial charge in [-0.2, -0.15) is 0 Å². The number of fused-ring (bicyclic) bond motifs is 2. The molecule has 0 heterocycles. The Labute approximate surface area is 88.3 Å². The van der Waals surface area contributed by atoms with Gasteiger partial charge in [0.1, 0.15) is 0 Å². The molecule has 0 aromatic carbocycles. The van der Waals surface area contributed by atoms with Crippen molar-refractivity contribution in [3.8, 4) is 0 Å². The van der Waals surface area contributed by atoms with Crippen LogP contribution in [0.2, 0.25) is 0 Å². The van der Waals surface area contributed by atoms with Gasteiger partial charge in [0, 0.05) is 5.92 Å². The Morgan fingerprint density at radius 1 is 1.00 bits per heavy atom. The minimum atomic E-state index is -0.0719. The molecular weight excluding hydrogens is 192 g/mol. The topological polar surface area (TPSA) is 65.2 Å². The lowest BCUT2D eigenvalue weighted by Gasteiger charge is -2.33. The smallest absolute Gasteiger partial charge is 0.0887 e. The third-order valence-corrected chi connectivity index (χ3v) is 3.27. The van der Waals surface area contributed by atoms with Crippen LogP contribution < -0.4 is 0 Å². The maximum absolute atomic E-state index is 8.89. The quantitative estimate of drug-likeness (QED) is 0.471. The number of nitrogens with zero attached hydrogens (tertiary/aromatic N) is 2. The molecule has 4 nitrogen and oxygen atoms in total. The Morgan fingerprint density at radius 2 is 1.47 bits per heavy atom. The van der Waals surface area contributed by atoms with Crippen molar-refractivity contribution in [2.75, 3.05) is 0 Å². The summed E-state index contributed by atoms with van der Waals surface area (Å²) in [5.41, 5.74) is 3.56. The van der Waals surface area contributed by atoms with Crippen molar-refractivity contribution in [3.63, 3.8) is 0 Å². The molecule has 0 radical (unpaired) electrons. The van der Waals surface area contributed by atoms with Gasteiger partial charge in [0.2, 0.25) is 0 Å². The zero-order valence-corrected chi connectivity index (χ0v) is 8.81. The standard InChI is InChI=1S/C11H14N2O2/c1-6-3-10(12-14)9-5-8(6)7(2)4-11(9)13-15/h3-4,8-9,14-15H,5H2,1-2H3. The fraction of sp³-hybridized carbons (Fsp3) is 0.455. The molecule has 2 N–H and O–H groups in total. The molecule has 0 saturated heterocycles. The zero-order valence-electron chi connectivity index (χ0n) is 8.81. The second kappa shape index (κ2) is 3.53. The van der Waals surface area contributed by atoms with Gasteiger partial charge in [0.25, 0.3) is 0 Å². The number of allylic oxidation sites excluding steroid dienone is 4. The van der Waals surface area contributed by atoms with Crippen molar-refractivity contribution in [1.82, 2.24) is 0 Å². The average molecular weight is 206 g/mol. The van der Waals surface area contributed by atoms with Crippen LogP contribution in [-0.4, -0.2) is 21.8 Å². The second-order valence-corrected chi connectivity index (χ2v) is 4.17. The highest BCUT2D eigenvalue weighted by Crippen LogP contribution is 2.37. The molecule has 2 aliphatic carbocycles. The molecule has 0 unspecified atom stereocenters. The third kappa shape index (κ3) is 1.46. The molecular formula is C11H14N2O2. The molecule has 0 aromatic rings. The summed E-state index contributed by atoms with van der Waals surface area (Å²) in [5.74, 6) is 0.323. The van der Waals surface area contributed by atoms with Gasteiger partial charge in [-0.05, 0) is 32.4 Å². The minimum Gasteiger partial charge on any atom is -0.411 e. The third-order valence-electron chi connectivity index (χ3n) is 3.27. The number of rotatable bonds is 0. The zero-order chi connectivity index (χ0) is 11.0. The van der Waals surface area contributed by atoms with Crippen molar-refractivity contribution >= 4 is 11.4 Å². The molecule has 0 saturated carbocycles. The van der Waals surface area contributed by atoms with Gasteiger partial charge < -0.3 is 10.4 Å². The summed E-state index contributed by atoms with van der Waals surface area (Å²) in [7, 11) is 0. The average Bonchev–Trinajstić information content (AvgIpc) is 2.25. The van der Waals surface area contributed by atoms with Crippen LogP contribution in [0.5, 0.6) is 0 Å². The van der Waals surface area contributed by atoms with Crippen LogP contribution in [0.4, 0.5) is 0 Å². The van der Waals surface area contributed by atoms with E-state index in [0.717, 1.165) is 6.42 Å². The Hall–Kier alpha value is -1.58. The molecule has 0 aromatic heterocycles. The first-order valence-corrected chi connectivity index (χ1v) is 4.97. The highest BCUT2D eigenvalue weighted by atomic mass is 16.4. The summed E-state index contributed by atoms with van der Waals surface area (Å²) in [6, 6.07) is 0. The van der Waals surface area contributed by atoms with E-state index in [1.54, 1.807) is 0 Å². The van der Waals surface area contributed by atoms with Gasteiger partial charge in [-0.25, -0.2) is 0 Å². The Balaban J connectivity index is 2.51. The van der Waals surface area contributed by atoms with Crippen LogP contribution in [0, 0.1) is 11.8 Å². The van der Waals surface area contributed by atoms with Crippen LogP contribution in [0.1, 0.15) is 20.3 Å². The normalized spacial score (nSPS) is 35.3. The van der Waals surface area contributed by atoms with Gasteiger partial charge in [-0.3, -0.25) is 0 Å². The van der Waals surface area contributed by atoms with Crippen LogP contribution in [-0.2, 0) is 0 Å². The first-order chi connectivity index (χ1) is 7.17. The molecule has 0 aliphatic heterocycles. The lowest BCUT2D eigenvalue weighted by Crippen LogP contribution is -2.33. The molecule has 2 bridgehead atoms. The van der Waals surface area contributed by atoms with E-state index in [1.165, 1.54) is 11.1 Å². The highest BCUT2D eigenvalue weighted by molar-refractivity contribution is 6.17. The van der Waals surface area contributed by atoms with Crippen LogP contribution in [0.15, 0.2) is 33.6 Å². The molecule has 80 valence electrons. The van der Waals surface area contributed by atoms with Crippen molar-refractivity contribution < 1.29 is 10.4 Å². The van der Waals surface area contributed by atoms with Crippen LogP contribution in [0.25, 0.3) is 0 Å². The fourth-order valence-electron chi connectivity index (χ4n) is 2.43. The molecule has 0 spiro atoms. The molecule has 15 heavy (non-hydrogen) atoms. The van der Waals surface area contributed by atoms with E-state index in [1.807, 2.05) is 26.0 Å². The fourth-order valence-corrected chi connectivity index (χ4v) is 2.43. The highest BCUT2D eigenvalue weighted by Gasteiger charge is 2.34. The predicted molar refractivity (Wildman–Crippen MR) is 57.6 cm³/mol. The lowest BCUT2D eigenvalue weighted by atomic mass is 9.71. The monoisotopic (exact) mass is 206 g/mol. The van der Waals surface area contributed by atoms with Gasteiger partial charge in [-0.15, -0.1) is 0 Å². The summed E-state index contributed by atoms with van der Waals surface area (Å²) >= 11 is 0. The van der Waals surface area contributed by atoms with Gasteiger partial charge in [0.15, 0.2) is 0 Å². The number of hydrogen-bond donors (Lipinski definition) is 2. The Bertz CT molecular complexity index is 369. The molecule has 0 atom stereocenters. The maximum atomic E-state index is 8.89. The Kier molecular flexibility index (Phi) is 2.34. The summed E-state index contributed by atoms with van der Waals surface area (Å²) in [5, 5.41) is 24.3. The largest absolute Gasteiger partial charge is 0.411 e. The van der Waals surface area contributed by atoms with E-state index in [0.29, 0.717) is 17.3 Å². The summed E-state index contributed by atoms with van der Waals surface area (Å²) in [4.78, 5) is 0. The van der Waals surface area contributed by atoms with Crippen LogP contribution in [0.3, 0.4) is 0 Å². The van der Waals surface area contributed by atoms with Gasteiger partial charge >= 0.3 is 0 Å². The summed E-state index contributed by atoms with van der Waals surface area (Å²) < 4.78 is 0. The molecule has 0 fully saturated rings. The molecule has 2 aliphatic rings.